The molecule has 0 aliphatic carbocycles. The standard InChI is InChI=1S/C40H39ClFN7O5S/c1-40(2)38(54)47(27-9-8-25(23-43)31(41)21-27)39(55)49(40)28-10-7-24(32(42)22-28)6-4-3-5-15-45-16-18-46(19-17-45)26-11-12-29-30(20-26)37(53)48(36(29)52)33-13-14-34(50)44-35(33)51/h7-12,20-22,33H,3-6,13-19H2,1-2H3,(H,44,50,51). The van der Waals surface area contributed by atoms with E-state index in [-0.39, 0.29) is 51.4 Å². The van der Waals surface area contributed by atoms with Crippen molar-refractivity contribution in [2.75, 3.05) is 47.4 Å². The van der Waals surface area contributed by atoms with Crippen LogP contribution in [0, 0.1) is 17.1 Å². The zero-order chi connectivity index (χ0) is 39.2. The largest absolute Gasteiger partial charge is 0.369 e. The molecular formula is C40H39ClFN7O5S. The Morgan fingerprint density at radius 3 is 2.29 bits per heavy atom. The van der Waals surface area contributed by atoms with Gasteiger partial charge in [-0.05, 0) is 112 Å². The zero-order valence-corrected chi connectivity index (χ0v) is 32.0. The molecule has 1 N–H and O–H groups in total. The van der Waals surface area contributed by atoms with Gasteiger partial charge in [0.15, 0.2) is 5.11 Å². The number of piperazine rings is 1. The molecule has 4 heterocycles. The SMILES string of the molecule is CC1(C)C(=O)N(c2ccc(C#N)c(Cl)c2)C(=S)N1c1ccc(CCCCCN2CCN(c3ccc4c(c3)C(=O)N(C3CCC(=O)NC3=O)C4=O)CC2)c(F)c1. The molecule has 15 heteroatoms. The first-order valence-corrected chi connectivity index (χ1v) is 19.1. The number of piperidine rings is 1. The third-order valence-electron chi connectivity index (χ3n) is 10.9. The van der Waals surface area contributed by atoms with Crippen LogP contribution in [0.5, 0.6) is 0 Å². The molecule has 4 aliphatic rings. The molecule has 1 unspecified atom stereocenters. The fraction of sp³-hybridized carbons (Fsp3) is 0.375. The van der Waals surface area contributed by atoms with Crippen molar-refractivity contribution in [2.45, 2.75) is 64.0 Å². The maximum absolute atomic E-state index is 15.5. The second-order valence-corrected chi connectivity index (χ2v) is 15.5. The second kappa shape index (κ2) is 15.1. The number of rotatable bonds is 10. The van der Waals surface area contributed by atoms with Crippen LogP contribution in [0.3, 0.4) is 0 Å². The van der Waals surface area contributed by atoms with Gasteiger partial charge in [-0.1, -0.05) is 24.1 Å². The van der Waals surface area contributed by atoms with Crippen LogP contribution in [0.25, 0.3) is 0 Å². The van der Waals surface area contributed by atoms with E-state index in [4.69, 9.17) is 23.8 Å². The molecule has 12 nitrogen and oxygen atoms in total. The lowest BCUT2D eigenvalue weighted by atomic mass is 10.0. The second-order valence-electron chi connectivity index (χ2n) is 14.7. The van der Waals surface area contributed by atoms with E-state index in [1.54, 1.807) is 49.1 Å². The Labute approximate surface area is 328 Å². The number of hydrogen-bond acceptors (Lipinski definition) is 9. The summed E-state index contributed by atoms with van der Waals surface area (Å²) in [6.45, 7) is 7.52. The molecule has 0 saturated carbocycles. The van der Waals surface area contributed by atoms with Gasteiger partial charge in [-0.3, -0.25) is 44.0 Å². The Morgan fingerprint density at radius 1 is 0.891 bits per heavy atom. The topological polar surface area (TPSA) is 137 Å². The summed E-state index contributed by atoms with van der Waals surface area (Å²) in [4.78, 5) is 72.4. The zero-order valence-electron chi connectivity index (χ0n) is 30.4. The lowest BCUT2D eigenvalue weighted by molar-refractivity contribution is -0.136. The maximum atomic E-state index is 15.5. The summed E-state index contributed by atoms with van der Waals surface area (Å²) in [7, 11) is 0. The highest BCUT2D eigenvalue weighted by atomic mass is 35.5. The van der Waals surface area contributed by atoms with Crippen molar-refractivity contribution in [3.63, 3.8) is 0 Å². The smallest absolute Gasteiger partial charge is 0.262 e. The summed E-state index contributed by atoms with van der Waals surface area (Å²) in [5.74, 6) is -2.72. The number of carbonyl (C=O) groups excluding carboxylic acids is 5. The first kappa shape index (κ1) is 38.1. The number of fused-ring (bicyclic) bond motifs is 1. The predicted octanol–water partition coefficient (Wildman–Crippen LogP) is 5.20. The van der Waals surface area contributed by atoms with Crippen LogP contribution in [-0.4, -0.2) is 88.8 Å². The number of halogens is 2. The van der Waals surface area contributed by atoms with Crippen LogP contribution >= 0.6 is 23.8 Å². The number of nitriles is 1. The molecule has 4 aliphatic heterocycles. The molecule has 0 bridgehead atoms. The number of carbonyl (C=O) groups is 5. The van der Waals surface area contributed by atoms with Gasteiger partial charge >= 0.3 is 0 Å². The fourth-order valence-electron chi connectivity index (χ4n) is 7.78. The van der Waals surface area contributed by atoms with Crippen LogP contribution in [0.4, 0.5) is 21.5 Å². The lowest BCUT2D eigenvalue weighted by Gasteiger charge is -2.36. The molecule has 1 atom stereocenters. The van der Waals surface area contributed by atoms with Crippen LogP contribution in [0.2, 0.25) is 5.02 Å². The number of hydrogen-bond donors (Lipinski definition) is 1. The molecule has 5 amide bonds. The van der Waals surface area contributed by atoms with Crippen LogP contribution in [0.1, 0.15) is 77.8 Å². The summed E-state index contributed by atoms with van der Waals surface area (Å²) in [6, 6.07) is 15.9. The van der Waals surface area contributed by atoms with Gasteiger partial charge in [0.05, 0.1) is 27.4 Å². The lowest BCUT2D eigenvalue weighted by Crippen LogP contribution is -2.54. The molecule has 0 aromatic heterocycles. The number of nitrogens with one attached hydrogen (secondary N) is 1. The van der Waals surface area contributed by atoms with Crippen LogP contribution < -0.4 is 20.0 Å². The molecule has 3 fully saturated rings. The molecule has 0 spiro atoms. The number of benzene rings is 3. The molecule has 3 saturated heterocycles. The van der Waals surface area contributed by atoms with E-state index in [1.165, 1.54) is 23.1 Å². The van der Waals surface area contributed by atoms with Crippen molar-refractivity contribution in [1.29, 1.82) is 5.26 Å². The van der Waals surface area contributed by atoms with Crippen LogP contribution in [-0.2, 0) is 20.8 Å². The average molecular weight is 784 g/mol. The predicted molar refractivity (Wildman–Crippen MR) is 209 cm³/mol. The number of unbranched alkanes of at least 4 members (excludes halogenated alkanes) is 2. The van der Waals surface area contributed by atoms with Gasteiger partial charge in [-0.25, -0.2) is 4.39 Å². The highest BCUT2D eigenvalue weighted by Gasteiger charge is 2.50. The number of nitrogens with zero attached hydrogens (tertiary/aromatic N) is 6. The third kappa shape index (κ3) is 7.08. The summed E-state index contributed by atoms with van der Waals surface area (Å²) >= 11 is 12.0. The van der Waals surface area contributed by atoms with Crippen molar-refractivity contribution >= 4 is 75.5 Å². The van der Waals surface area contributed by atoms with Crippen molar-refractivity contribution < 1.29 is 28.4 Å². The van der Waals surface area contributed by atoms with Gasteiger partial charge in [0.2, 0.25) is 11.8 Å². The van der Waals surface area contributed by atoms with Gasteiger partial charge < -0.3 is 9.80 Å². The van der Waals surface area contributed by atoms with Crippen molar-refractivity contribution in [3.8, 4) is 6.07 Å². The van der Waals surface area contributed by atoms with E-state index in [9.17, 15) is 29.2 Å². The molecule has 284 valence electrons. The fourth-order valence-corrected chi connectivity index (χ4v) is 8.52. The number of anilines is 3. The Hall–Kier alpha value is -5.23. The van der Waals surface area contributed by atoms with Crippen molar-refractivity contribution in [3.05, 3.63) is 87.7 Å². The minimum atomic E-state index is -1.08. The first-order valence-electron chi connectivity index (χ1n) is 18.3. The molecular weight excluding hydrogens is 745 g/mol. The Morgan fingerprint density at radius 2 is 1.60 bits per heavy atom. The summed E-state index contributed by atoms with van der Waals surface area (Å²) in [5.41, 5.74) is 2.08. The minimum Gasteiger partial charge on any atom is -0.369 e. The maximum Gasteiger partial charge on any atom is 0.262 e. The summed E-state index contributed by atoms with van der Waals surface area (Å²) in [6.07, 6.45) is 3.46. The summed E-state index contributed by atoms with van der Waals surface area (Å²) in [5, 5.41) is 11.9. The number of imide groups is 2. The van der Waals surface area contributed by atoms with Crippen molar-refractivity contribution in [2.24, 2.45) is 0 Å². The third-order valence-corrected chi connectivity index (χ3v) is 11.6. The normalized spacial score (nSPS) is 20.0. The van der Waals surface area contributed by atoms with E-state index in [2.05, 4.69) is 15.1 Å². The van der Waals surface area contributed by atoms with Gasteiger partial charge in [0, 0.05) is 44.0 Å². The Kier molecular flexibility index (Phi) is 10.5. The van der Waals surface area contributed by atoms with Gasteiger partial charge in [-0.15, -0.1) is 0 Å². The van der Waals surface area contributed by atoms with Gasteiger partial charge in [0.1, 0.15) is 23.5 Å². The molecule has 55 heavy (non-hydrogen) atoms. The molecule has 0 radical (unpaired) electrons. The van der Waals surface area contributed by atoms with Gasteiger partial charge in [-0.2, -0.15) is 5.26 Å². The monoisotopic (exact) mass is 783 g/mol. The summed E-state index contributed by atoms with van der Waals surface area (Å²) < 4.78 is 15.5. The van der Waals surface area contributed by atoms with Crippen LogP contribution in [0.15, 0.2) is 54.6 Å². The number of thiocarbonyl (C=S) groups is 1. The number of amides is 5. The Bertz CT molecular complexity index is 2180. The molecule has 7 rings (SSSR count). The van der Waals surface area contributed by atoms with E-state index in [0.29, 0.717) is 23.4 Å². The Balaban J connectivity index is 0.879. The first-order chi connectivity index (χ1) is 26.3. The van der Waals surface area contributed by atoms with E-state index < -0.39 is 35.2 Å². The van der Waals surface area contributed by atoms with E-state index in [0.717, 1.165) is 62.6 Å². The average Bonchev–Trinajstić information content (AvgIpc) is 3.51. The van der Waals surface area contributed by atoms with E-state index in [1.807, 2.05) is 12.1 Å². The molecule has 3 aromatic carbocycles. The quantitative estimate of drug-likeness (QED) is 0.166. The highest BCUT2D eigenvalue weighted by molar-refractivity contribution is 7.81. The van der Waals surface area contributed by atoms with E-state index >= 15 is 4.39 Å². The van der Waals surface area contributed by atoms with Gasteiger partial charge in [0.25, 0.3) is 17.7 Å². The van der Waals surface area contributed by atoms with Crippen molar-refractivity contribution in [1.82, 2.24) is 15.1 Å². The highest BCUT2D eigenvalue weighted by Crippen LogP contribution is 2.38. The molecule has 3 aromatic rings. The number of aryl methyl sites for hydroxylation is 1. The minimum absolute atomic E-state index is 0.0741.